The predicted molar refractivity (Wildman–Crippen MR) is 245 cm³/mol. The van der Waals surface area contributed by atoms with E-state index in [4.69, 9.17) is 28.3 Å². The monoisotopic (exact) mass is 826 g/mol. The molecule has 12 heteroatoms. The lowest BCUT2D eigenvalue weighted by Gasteiger charge is -2.08. The number of aromatic amines is 3. The van der Waals surface area contributed by atoms with E-state index < -0.39 is 0 Å². The van der Waals surface area contributed by atoms with E-state index in [-0.39, 0.29) is 0 Å². The second-order valence-corrected chi connectivity index (χ2v) is 15.2. The minimum atomic E-state index is 0.586. The first-order valence-electron chi connectivity index (χ1n) is 19.5. The molecule has 5 N–H and O–H groups in total. The van der Waals surface area contributed by atoms with Gasteiger partial charge in [0.25, 0.3) is 0 Å². The van der Waals surface area contributed by atoms with Crippen LogP contribution in [0.2, 0.25) is 10.0 Å². The van der Waals surface area contributed by atoms with Gasteiger partial charge in [0.05, 0.1) is 50.9 Å². The molecule has 4 heterocycles. The van der Waals surface area contributed by atoms with Gasteiger partial charge >= 0.3 is 0 Å². The Morgan fingerprint density at radius 2 is 1.07 bits per heavy atom. The van der Waals surface area contributed by atoms with Gasteiger partial charge in [-0.2, -0.15) is 15.3 Å². The van der Waals surface area contributed by atoms with Gasteiger partial charge in [0.1, 0.15) is 5.82 Å². The molecule has 0 radical (unpaired) electrons. The summed E-state index contributed by atoms with van der Waals surface area (Å²) in [5.74, 6) is 2.44. The van der Waals surface area contributed by atoms with Crippen molar-refractivity contribution in [1.82, 2.24) is 40.1 Å². The van der Waals surface area contributed by atoms with Gasteiger partial charge in [0.2, 0.25) is 0 Å². The molecule has 0 amide bonds. The molecule has 0 atom stereocenters. The zero-order chi connectivity index (χ0) is 41.0. The lowest BCUT2D eigenvalue weighted by Crippen LogP contribution is -2.03. The smallest absolute Gasteiger partial charge is 0.156 e. The van der Waals surface area contributed by atoms with Crippen LogP contribution in [0.3, 0.4) is 0 Å². The number of para-hydroxylation sites is 1. The summed E-state index contributed by atoms with van der Waals surface area (Å²) in [7, 11) is 0. The van der Waals surface area contributed by atoms with Crippen LogP contribution in [0.4, 0.5) is 11.6 Å². The number of rotatable bonds is 10. The van der Waals surface area contributed by atoms with Crippen LogP contribution in [0.5, 0.6) is 0 Å². The number of benzene rings is 6. The summed E-state index contributed by atoms with van der Waals surface area (Å²) in [6, 6.07) is 48.5. The number of nitrogens with one attached hydrogen (secondary N) is 5. The summed E-state index contributed by atoms with van der Waals surface area (Å²) in [5.41, 5.74) is 12.3. The lowest BCUT2D eigenvalue weighted by atomic mass is 10.0. The molecule has 0 aliphatic heterocycles. The molecule has 0 fully saturated rings. The number of halogens is 2. The van der Waals surface area contributed by atoms with Crippen LogP contribution in [0, 0.1) is 13.8 Å². The molecule has 60 heavy (non-hydrogen) atoms. The number of nitrogens with zero attached hydrogens (tertiary/aromatic N) is 5. The summed E-state index contributed by atoms with van der Waals surface area (Å²) in [4.78, 5) is 7.83. The fraction of sp³-hybridized carbons (Fsp3) is 0.0833. The first-order chi connectivity index (χ1) is 29.4. The van der Waals surface area contributed by atoms with Gasteiger partial charge in [-0.25, -0.2) is 9.67 Å². The number of H-pyrrole nitrogens is 3. The maximum atomic E-state index is 6.54. The van der Waals surface area contributed by atoms with Crippen molar-refractivity contribution in [2.24, 2.45) is 0 Å². The van der Waals surface area contributed by atoms with E-state index in [0.29, 0.717) is 23.1 Å². The SMILES string of the molecule is Cc1nn(-c2ccccc2)c(C)c1CNc1n[nH]c2cc(Cl)c(-c3ccccc3)cc12.Clc1cc2[nH]nc(NCc3cnc(-c4ccccc4)[nH]3)c2cc1-c1ccccc1. The van der Waals surface area contributed by atoms with Gasteiger partial charge in [-0.05, 0) is 61.4 Å². The van der Waals surface area contributed by atoms with Crippen LogP contribution in [0.15, 0.2) is 152 Å². The van der Waals surface area contributed by atoms with E-state index in [1.165, 1.54) is 0 Å². The first-order valence-corrected chi connectivity index (χ1v) is 20.3. The van der Waals surface area contributed by atoms with Crippen molar-refractivity contribution >= 4 is 56.6 Å². The summed E-state index contributed by atoms with van der Waals surface area (Å²) in [6.45, 7) is 5.36. The largest absolute Gasteiger partial charge is 0.364 e. The van der Waals surface area contributed by atoms with Crippen molar-refractivity contribution in [2.75, 3.05) is 10.6 Å². The molecule has 0 aliphatic rings. The Kier molecular flexibility index (Phi) is 10.9. The summed E-state index contributed by atoms with van der Waals surface area (Å²) < 4.78 is 1.99. The molecule has 10 aromatic rings. The van der Waals surface area contributed by atoms with Gasteiger partial charge in [-0.15, -0.1) is 0 Å². The maximum Gasteiger partial charge on any atom is 0.156 e. The summed E-state index contributed by atoms with van der Waals surface area (Å²) in [6.07, 6.45) is 1.84. The van der Waals surface area contributed by atoms with Gasteiger partial charge in [0.15, 0.2) is 11.6 Å². The van der Waals surface area contributed by atoms with Crippen molar-refractivity contribution < 1.29 is 0 Å². The minimum absolute atomic E-state index is 0.586. The number of anilines is 2. The van der Waals surface area contributed by atoms with Crippen LogP contribution < -0.4 is 10.6 Å². The van der Waals surface area contributed by atoms with E-state index in [1.807, 2.05) is 115 Å². The van der Waals surface area contributed by atoms with E-state index in [0.717, 1.165) is 95.4 Å². The third kappa shape index (κ3) is 7.98. The van der Waals surface area contributed by atoms with Crippen LogP contribution in [-0.2, 0) is 13.1 Å². The predicted octanol–water partition coefficient (Wildman–Crippen LogP) is 12.2. The molecular weight excluding hydrogens is 788 g/mol. The van der Waals surface area contributed by atoms with Gasteiger partial charge in [-0.1, -0.05) is 132 Å². The van der Waals surface area contributed by atoms with Crippen molar-refractivity contribution in [2.45, 2.75) is 26.9 Å². The minimum Gasteiger partial charge on any atom is -0.364 e. The summed E-state index contributed by atoms with van der Waals surface area (Å²) in [5, 5.41) is 30.1. The second kappa shape index (κ2) is 17.0. The highest BCUT2D eigenvalue weighted by Crippen LogP contribution is 2.36. The molecule has 0 aliphatic carbocycles. The van der Waals surface area contributed by atoms with Crippen LogP contribution >= 0.6 is 23.2 Å². The average Bonchev–Trinajstić information content (AvgIpc) is 4.09. The average molecular weight is 828 g/mol. The number of aromatic nitrogens is 8. The molecule has 10 rings (SSSR count). The molecule has 0 unspecified atom stereocenters. The highest BCUT2D eigenvalue weighted by Gasteiger charge is 2.16. The molecule has 10 nitrogen and oxygen atoms in total. The molecule has 4 aromatic heterocycles. The van der Waals surface area contributed by atoms with E-state index in [9.17, 15) is 0 Å². The topological polar surface area (TPSA) is 128 Å². The van der Waals surface area contributed by atoms with Crippen LogP contribution in [0.1, 0.15) is 22.6 Å². The van der Waals surface area contributed by atoms with Crippen molar-refractivity contribution in [3.8, 4) is 39.3 Å². The standard InChI is InChI=1S/C25H22ClN5.C23H18ClN5/c1-16-22(17(2)31(30-16)19-11-7-4-8-12-19)15-27-25-21-13-20(18-9-5-3-6-10-18)23(26)14-24(21)28-29-25;24-20-12-21-19(11-18(20)15-7-3-1-4-8-15)23(29-28-21)26-14-17-13-25-22(27-17)16-9-5-2-6-10-16/h3-14H,15H2,1-2H3,(H2,27,28,29);1-13H,14H2,(H,25,27)(H2,26,28,29). The molecule has 0 bridgehead atoms. The van der Waals surface area contributed by atoms with Crippen molar-refractivity contribution in [3.05, 3.63) is 184 Å². The second-order valence-electron chi connectivity index (χ2n) is 14.4. The Balaban J connectivity index is 0.000000154. The lowest BCUT2D eigenvalue weighted by molar-refractivity contribution is 0.832. The van der Waals surface area contributed by atoms with Crippen LogP contribution in [0.25, 0.3) is 61.1 Å². The zero-order valence-corrected chi connectivity index (χ0v) is 34.4. The molecule has 296 valence electrons. The van der Waals surface area contributed by atoms with Crippen LogP contribution in [-0.4, -0.2) is 40.1 Å². The van der Waals surface area contributed by atoms with Crippen molar-refractivity contribution in [3.63, 3.8) is 0 Å². The third-order valence-corrected chi connectivity index (χ3v) is 11.1. The Bertz CT molecular complexity index is 3030. The van der Waals surface area contributed by atoms with Gasteiger partial charge in [0, 0.05) is 45.3 Å². The normalized spacial score (nSPS) is 11.1. The maximum absolute atomic E-state index is 6.54. The number of fused-ring (bicyclic) bond motifs is 2. The fourth-order valence-electron chi connectivity index (χ4n) is 7.32. The molecule has 0 saturated carbocycles. The number of imidazole rings is 1. The fourth-order valence-corrected chi connectivity index (χ4v) is 7.86. The number of hydrogen-bond acceptors (Lipinski definition) is 6. The molecule has 0 saturated heterocycles. The number of hydrogen-bond donors (Lipinski definition) is 5. The van der Waals surface area contributed by atoms with Gasteiger partial charge < -0.3 is 15.6 Å². The van der Waals surface area contributed by atoms with E-state index in [2.05, 4.69) is 96.5 Å². The summed E-state index contributed by atoms with van der Waals surface area (Å²) >= 11 is 13.0. The van der Waals surface area contributed by atoms with E-state index >= 15 is 0 Å². The Hall–Kier alpha value is -7.14. The Morgan fingerprint density at radius 3 is 1.60 bits per heavy atom. The van der Waals surface area contributed by atoms with E-state index in [1.54, 1.807) is 0 Å². The molecule has 0 spiro atoms. The van der Waals surface area contributed by atoms with Crippen molar-refractivity contribution in [1.29, 1.82) is 0 Å². The highest BCUT2D eigenvalue weighted by molar-refractivity contribution is 6.34. The Labute approximate surface area is 356 Å². The number of aryl methyl sites for hydroxylation is 1. The molecule has 6 aromatic carbocycles. The third-order valence-electron chi connectivity index (χ3n) is 10.5. The molecular formula is C48H40Cl2N10. The zero-order valence-electron chi connectivity index (χ0n) is 32.8. The first kappa shape index (κ1) is 38.4. The Morgan fingerprint density at radius 1 is 0.583 bits per heavy atom. The quantitative estimate of drug-likeness (QED) is 0.0934. The highest BCUT2D eigenvalue weighted by atomic mass is 35.5. The van der Waals surface area contributed by atoms with Gasteiger partial charge in [-0.3, -0.25) is 10.2 Å².